The zero-order valence-corrected chi connectivity index (χ0v) is 18.6. The molecule has 3 aromatic rings. The van der Waals surface area contributed by atoms with Gasteiger partial charge in [-0.05, 0) is 73.6 Å². The molecule has 0 radical (unpaired) electrons. The molecule has 0 atom stereocenters. The molecule has 0 saturated heterocycles. The number of nitrogens with zero attached hydrogens (tertiary/aromatic N) is 1. The first kappa shape index (κ1) is 22.0. The van der Waals surface area contributed by atoms with Crippen LogP contribution in [0.2, 0.25) is 0 Å². The highest BCUT2D eigenvalue weighted by Gasteiger charge is 2.15. The van der Waals surface area contributed by atoms with Crippen LogP contribution in [-0.4, -0.2) is 33.3 Å². The Balaban J connectivity index is 1.90. The van der Waals surface area contributed by atoms with Crippen molar-refractivity contribution in [3.8, 4) is 0 Å². The molecule has 1 heterocycles. The topological polar surface area (TPSA) is 68.4 Å². The van der Waals surface area contributed by atoms with E-state index >= 15 is 0 Å². The average molecular weight is 424 g/mol. The summed E-state index contributed by atoms with van der Waals surface area (Å²) in [4.78, 5) is 17.7. The highest BCUT2D eigenvalue weighted by atomic mass is 32.1. The Kier molecular flexibility index (Phi) is 7.24. The third-order valence-electron chi connectivity index (χ3n) is 5.24. The Hall–Kier alpha value is -2.70. The van der Waals surface area contributed by atoms with Crippen molar-refractivity contribution in [2.24, 2.45) is 0 Å². The highest BCUT2D eigenvalue weighted by Crippen LogP contribution is 2.20. The molecule has 0 spiro atoms. The van der Waals surface area contributed by atoms with Crippen LogP contribution in [0, 0.1) is 13.8 Å². The lowest BCUT2D eigenvalue weighted by atomic mass is 10.1. The van der Waals surface area contributed by atoms with E-state index in [0.717, 1.165) is 34.1 Å². The number of aryl methyl sites for hydroxylation is 3. The van der Waals surface area contributed by atoms with Gasteiger partial charge in [-0.3, -0.25) is 4.79 Å². The first-order valence-corrected chi connectivity index (χ1v) is 10.7. The summed E-state index contributed by atoms with van der Waals surface area (Å²) in [6.07, 6.45) is 1.46. The molecular weight excluding hydrogens is 394 g/mol. The Labute approximate surface area is 182 Å². The van der Waals surface area contributed by atoms with Crippen molar-refractivity contribution in [1.82, 2.24) is 9.88 Å². The van der Waals surface area contributed by atoms with Gasteiger partial charge in [0.05, 0.1) is 12.1 Å². The lowest BCUT2D eigenvalue weighted by Crippen LogP contribution is -2.37. The first-order valence-electron chi connectivity index (χ1n) is 10.3. The van der Waals surface area contributed by atoms with Gasteiger partial charge in [-0.15, -0.1) is 0 Å². The number of rotatable bonds is 7. The van der Waals surface area contributed by atoms with Crippen LogP contribution in [0.25, 0.3) is 10.9 Å². The molecule has 0 saturated carbocycles. The Bertz CT molecular complexity index is 1110. The third kappa shape index (κ3) is 5.07. The van der Waals surface area contributed by atoms with E-state index in [1.807, 2.05) is 36.1 Å². The first-order chi connectivity index (χ1) is 14.4. The normalized spacial score (nSPS) is 10.9. The molecule has 0 amide bonds. The minimum Gasteiger partial charge on any atom is -0.396 e. The van der Waals surface area contributed by atoms with Crippen LogP contribution in [0.4, 0.5) is 5.69 Å². The van der Waals surface area contributed by atoms with Gasteiger partial charge < -0.3 is 20.3 Å². The van der Waals surface area contributed by atoms with Crippen LogP contribution < -0.4 is 10.9 Å². The zero-order valence-electron chi connectivity index (χ0n) is 17.8. The molecule has 0 aliphatic heterocycles. The fourth-order valence-electron chi connectivity index (χ4n) is 3.71. The minimum absolute atomic E-state index is 0.0666. The number of pyridine rings is 1. The summed E-state index contributed by atoms with van der Waals surface area (Å²) in [5, 5.41) is 14.2. The molecule has 1 aromatic heterocycles. The number of aliphatic hydroxyl groups is 1. The van der Waals surface area contributed by atoms with Crippen molar-refractivity contribution < 1.29 is 5.11 Å². The van der Waals surface area contributed by atoms with Crippen molar-refractivity contribution >= 4 is 33.9 Å². The Morgan fingerprint density at radius 2 is 1.93 bits per heavy atom. The zero-order chi connectivity index (χ0) is 21.7. The van der Waals surface area contributed by atoms with Gasteiger partial charge in [0.1, 0.15) is 0 Å². The lowest BCUT2D eigenvalue weighted by molar-refractivity contribution is 0.265. The maximum absolute atomic E-state index is 12.8. The Morgan fingerprint density at radius 3 is 2.67 bits per heavy atom. The molecule has 5 nitrogen and oxygen atoms in total. The summed E-state index contributed by atoms with van der Waals surface area (Å²) in [5.41, 5.74) is 5.77. The van der Waals surface area contributed by atoms with E-state index in [4.69, 9.17) is 12.2 Å². The number of para-hydroxylation sites is 1. The van der Waals surface area contributed by atoms with Crippen molar-refractivity contribution in [2.45, 2.75) is 40.2 Å². The van der Waals surface area contributed by atoms with Crippen LogP contribution in [0.5, 0.6) is 0 Å². The van der Waals surface area contributed by atoms with Crippen LogP contribution in [-0.2, 0) is 13.0 Å². The fourth-order valence-corrected chi connectivity index (χ4v) is 3.98. The van der Waals surface area contributed by atoms with Crippen molar-refractivity contribution in [1.29, 1.82) is 0 Å². The molecule has 0 aliphatic rings. The summed E-state index contributed by atoms with van der Waals surface area (Å²) in [6, 6.07) is 14.1. The predicted molar refractivity (Wildman–Crippen MR) is 128 cm³/mol. The summed E-state index contributed by atoms with van der Waals surface area (Å²) in [6.45, 7) is 7.15. The average Bonchev–Trinajstić information content (AvgIpc) is 2.72. The number of aromatic nitrogens is 1. The fraction of sp³-hybridized carbons (Fsp3) is 0.333. The summed E-state index contributed by atoms with van der Waals surface area (Å²) in [7, 11) is 0. The SMILES string of the molecule is CCc1ccccc1NC(=S)N(CCCO)Cc1cc2cc(C)cc(C)c2[nH]c1=O. The molecule has 0 aliphatic carbocycles. The summed E-state index contributed by atoms with van der Waals surface area (Å²) >= 11 is 5.68. The molecule has 6 heteroatoms. The molecule has 0 bridgehead atoms. The maximum Gasteiger partial charge on any atom is 0.253 e. The van der Waals surface area contributed by atoms with Crippen LogP contribution in [0.3, 0.4) is 0 Å². The van der Waals surface area contributed by atoms with Crippen molar-refractivity contribution in [3.05, 3.63) is 75.1 Å². The molecule has 3 N–H and O–H groups in total. The molecule has 30 heavy (non-hydrogen) atoms. The standard InChI is InChI=1S/C24H29N3O2S/c1-4-18-8-5-6-9-21(18)25-24(30)27(10-7-11-28)15-20-14-19-13-16(2)12-17(3)22(19)26-23(20)29/h5-6,8-9,12-14,28H,4,7,10-11,15H2,1-3H3,(H,25,30)(H,26,29). The number of nitrogens with one attached hydrogen (secondary N) is 2. The number of fused-ring (bicyclic) bond motifs is 1. The van der Waals surface area contributed by atoms with Gasteiger partial charge in [-0.25, -0.2) is 0 Å². The highest BCUT2D eigenvalue weighted by molar-refractivity contribution is 7.80. The molecule has 2 aromatic carbocycles. The number of aromatic amines is 1. The minimum atomic E-state index is -0.111. The van der Waals surface area contributed by atoms with E-state index in [1.54, 1.807) is 0 Å². The van der Waals surface area contributed by atoms with Crippen LogP contribution in [0.15, 0.2) is 47.3 Å². The van der Waals surface area contributed by atoms with E-state index in [9.17, 15) is 9.90 Å². The molecular formula is C24H29N3O2S. The van der Waals surface area contributed by atoms with E-state index in [0.29, 0.717) is 30.2 Å². The van der Waals surface area contributed by atoms with Gasteiger partial charge in [-0.2, -0.15) is 0 Å². The van der Waals surface area contributed by atoms with Gasteiger partial charge in [0.15, 0.2) is 5.11 Å². The number of H-pyrrole nitrogens is 1. The summed E-state index contributed by atoms with van der Waals surface area (Å²) < 4.78 is 0. The van der Waals surface area contributed by atoms with E-state index in [1.165, 1.54) is 5.56 Å². The second-order valence-electron chi connectivity index (χ2n) is 7.61. The molecule has 0 fully saturated rings. The van der Waals surface area contributed by atoms with E-state index < -0.39 is 0 Å². The number of aliphatic hydroxyl groups excluding tert-OH is 1. The second kappa shape index (κ2) is 9.87. The second-order valence-corrected chi connectivity index (χ2v) is 8.00. The van der Waals surface area contributed by atoms with Gasteiger partial charge in [-0.1, -0.05) is 36.8 Å². The lowest BCUT2D eigenvalue weighted by Gasteiger charge is -2.26. The van der Waals surface area contributed by atoms with Gasteiger partial charge >= 0.3 is 0 Å². The number of hydrogen-bond donors (Lipinski definition) is 3. The number of hydrogen-bond acceptors (Lipinski definition) is 3. The largest absolute Gasteiger partial charge is 0.396 e. The van der Waals surface area contributed by atoms with Crippen molar-refractivity contribution in [3.63, 3.8) is 0 Å². The van der Waals surface area contributed by atoms with E-state index in [-0.39, 0.29) is 12.2 Å². The van der Waals surface area contributed by atoms with Crippen molar-refractivity contribution in [2.75, 3.05) is 18.5 Å². The number of benzene rings is 2. The predicted octanol–water partition coefficient (Wildman–Crippen LogP) is 4.29. The van der Waals surface area contributed by atoms with Gasteiger partial charge in [0, 0.05) is 24.4 Å². The maximum atomic E-state index is 12.8. The molecule has 158 valence electrons. The van der Waals surface area contributed by atoms with Crippen LogP contribution in [0.1, 0.15) is 35.6 Å². The van der Waals surface area contributed by atoms with Crippen LogP contribution >= 0.6 is 12.2 Å². The number of thiocarbonyl (C=S) groups is 1. The smallest absolute Gasteiger partial charge is 0.253 e. The van der Waals surface area contributed by atoms with E-state index in [2.05, 4.69) is 42.3 Å². The summed E-state index contributed by atoms with van der Waals surface area (Å²) in [5.74, 6) is 0. The molecule has 0 unspecified atom stereocenters. The number of anilines is 1. The van der Waals surface area contributed by atoms with Gasteiger partial charge in [0.25, 0.3) is 5.56 Å². The molecule has 3 rings (SSSR count). The Morgan fingerprint density at radius 1 is 1.17 bits per heavy atom. The van der Waals surface area contributed by atoms with Gasteiger partial charge in [0.2, 0.25) is 0 Å². The third-order valence-corrected chi connectivity index (χ3v) is 5.60. The monoisotopic (exact) mass is 423 g/mol. The quantitative estimate of drug-likeness (QED) is 0.495.